The number of nitrogens with zero attached hydrogens (tertiary/aromatic N) is 1. The van der Waals surface area contributed by atoms with E-state index in [0.29, 0.717) is 6.42 Å². The largest absolute Gasteiger partial charge is 0.489 e. The number of aromatic nitrogens is 1. The van der Waals surface area contributed by atoms with Gasteiger partial charge in [-0.1, -0.05) is 6.92 Å². The van der Waals surface area contributed by atoms with Crippen molar-refractivity contribution in [1.82, 2.24) is 10.3 Å². The number of ether oxygens (including phenoxy) is 1. The molecule has 1 aliphatic carbocycles. The van der Waals surface area contributed by atoms with Gasteiger partial charge in [0, 0.05) is 19.2 Å². The molecular weight excluding hydrogens is 288 g/mol. The molecule has 0 aromatic carbocycles. The van der Waals surface area contributed by atoms with Crippen molar-refractivity contribution in [2.75, 3.05) is 12.8 Å². The maximum Gasteiger partial charge on any atom is 0.150 e. The fraction of sp³-hybridized carbons (Fsp3) is 0.667. The van der Waals surface area contributed by atoms with E-state index in [1.165, 1.54) is 6.26 Å². The summed E-state index contributed by atoms with van der Waals surface area (Å²) in [5, 5.41) is 2.95. The van der Waals surface area contributed by atoms with Crippen molar-refractivity contribution < 1.29 is 13.2 Å². The molecule has 1 saturated carbocycles. The van der Waals surface area contributed by atoms with E-state index in [-0.39, 0.29) is 11.4 Å². The van der Waals surface area contributed by atoms with E-state index in [1.807, 2.05) is 12.1 Å². The number of rotatable bonds is 6. The second-order valence-electron chi connectivity index (χ2n) is 5.62. The van der Waals surface area contributed by atoms with E-state index in [2.05, 4.69) is 17.2 Å². The molecule has 1 aromatic rings. The van der Waals surface area contributed by atoms with Crippen molar-refractivity contribution in [3.05, 3.63) is 24.0 Å². The van der Waals surface area contributed by atoms with Crippen LogP contribution in [0.1, 0.15) is 38.3 Å². The third kappa shape index (κ3) is 4.97. The first kappa shape index (κ1) is 16.2. The van der Waals surface area contributed by atoms with Gasteiger partial charge in [-0.2, -0.15) is 0 Å². The minimum Gasteiger partial charge on any atom is -0.489 e. The minimum atomic E-state index is -2.97. The van der Waals surface area contributed by atoms with E-state index in [0.717, 1.165) is 43.8 Å². The Morgan fingerprint density at radius 2 is 2.19 bits per heavy atom. The molecule has 2 rings (SSSR count). The Morgan fingerprint density at radius 3 is 2.81 bits per heavy atom. The molecule has 2 atom stereocenters. The topological polar surface area (TPSA) is 68.3 Å². The predicted octanol–water partition coefficient (Wildman–Crippen LogP) is 1.93. The molecule has 21 heavy (non-hydrogen) atoms. The van der Waals surface area contributed by atoms with Crippen LogP contribution in [0, 0.1) is 0 Å². The van der Waals surface area contributed by atoms with Crippen molar-refractivity contribution >= 4 is 9.84 Å². The molecule has 0 aliphatic heterocycles. The molecule has 2 unspecified atom stereocenters. The van der Waals surface area contributed by atoms with Crippen molar-refractivity contribution in [2.24, 2.45) is 0 Å². The highest BCUT2D eigenvalue weighted by Crippen LogP contribution is 2.27. The Bertz CT molecular complexity index is 543. The van der Waals surface area contributed by atoms with Gasteiger partial charge in [0.1, 0.15) is 21.7 Å². The van der Waals surface area contributed by atoms with Gasteiger partial charge in [0.25, 0.3) is 0 Å². The van der Waals surface area contributed by atoms with Gasteiger partial charge in [0.2, 0.25) is 0 Å². The van der Waals surface area contributed by atoms with E-state index in [4.69, 9.17) is 4.74 Å². The van der Waals surface area contributed by atoms with Crippen molar-refractivity contribution in [3.8, 4) is 5.75 Å². The first-order chi connectivity index (χ1) is 9.99. The molecule has 6 heteroatoms. The summed E-state index contributed by atoms with van der Waals surface area (Å²) in [6, 6.07) is 3.85. The predicted molar refractivity (Wildman–Crippen MR) is 83.1 cm³/mol. The lowest BCUT2D eigenvalue weighted by atomic mass is 9.97. The van der Waals surface area contributed by atoms with E-state index in [1.54, 1.807) is 6.20 Å². The summed E-state index contributed by atoms with van der Waals surface area (Å²) in [6.07, 6.45) is 6.14. The second kappa shape index (κ2) is 7.22. The maximum absolute atomic E-state index is 11.7. The molecule has 1 aromatic heterocycles. The van der Waals surface area contributed by atoms with Crippen molar-refractivity contribution in [3.63, 3.8) is 0 Å². The molecule has 118 valence electrons. The van der Waals surface area contributed by atoms with Crippen LogP contribution in [0.2, 0.25) is 0 Å². The van der Waals surface area contributed by atoms with Gasteiger partial charge in [-0.15, -0.1) is 0 Å². The van der Waals surface area contributed by atoms with E-state index in [9.17, 15) is 8.42 Å². The number of nitrogens with one attached hydrogen (secondary N) is 1. The Labute approximate surface area is 127 Å². The zero-order valence-electron chi connectivity index (χ0n) is 12.7. The summed E-state index contributed by atoms with van der Waals surface area (Å²) >= 11 is 0. The number of pyridine rings is 1. The highest BCUT2D eigenvalue weighted by Gasteiger charge is 2.29. The average molecular weight is 312 g/mol. The normalized spacial score (nSPS) is 23.0. The summed E-state index contributed by atoms with van der Waals surface area (Å²) in [5.41, 5.74) is 0.974. The zero-order chi connectivity index (χ0) is 15.3. The monoisotopic (exact) mass is 312 g/mol. The van der Waals surface area contributed by atoms with Gasteiger partial charge >= 0.3 is 0 Å². The Kier molecular flexibility index (Phi) is 5.58. The molecule has 0 radical (unpaired) electrons. The highest BCUT2D eigenvalue weighted by atomic mass is 32.2. The maximum atomic E-state index is 11.7. The summed E-state index contributed by atoms with van der Waals surface area (Å²) in [6.45, 7) is 3.71. The first-order valence-electron chi connectivity index (χ1n) is 7.50. The molecule has 1 N–H and O–H groups in total. The van der Waals surface area contributed by atoms with Crippen molar-refractivity contribution in [2.45, 2.75) is 50.5 Å². The van der Waals surface area contributed by atoms with Crippen LogP contribution in [0.5, 0.6) is 5.75 Å². The number of hydrogen-bond donors (Lipinski definition) is 1. The quantitative estimate of drug-likeness (QED) is 0.869. The van der Waals surface area contributed by atoms with Crippen LogP contribution < -0.4 is 10.1 Å². The molecule has 5 nitrogen and oxygen atoms in total. The van der Waals surface area contributed by atoms with Crippen LogP contribution in [0.4, 0.5) is 0 Å². The summed E-state index contributed by atoms with van der Waals surface area (Å²) in [7, 11) is -2.97. The molecule has 1 fully saturated rings. The van der Waals surface area contributed by atoms with Crippen LogP contribution >= 0.6 is 0 Å². The van der Waals surface area contributed by atoms with Crippen molar-refractivity contribution in [1.29, 1.82) is 0 Å². The summed E-state index contributed by atoms with van der Waals surface area (Å²) in [4.78, 5) is 4.34. The smallest absolute Gasteiger partial charge is 0.150 e. The standard InChI is InChI=1S/C15H24N2O3S/c1-3-16-10-12-7-8-14(11-17-12)20-13-5-4-6-15(9-13)21(2,18)19/h7-8,11,13,15-16H,3-6,9-10H2,1-2H3. The fourth-order valence-electron chi connectivity index (χ4n) is 2.63. The summed E-state index contributed by atoms with van der Waals surface area (Å²) < 4.78 is 29.2. The molecule has 0 saturated heterocycles. The van der Waals surface area contributed by atoms with Gasteiger partial charge in [0.05, 0.1) is 17.1 Å². The lowest BCUT2D eigenvalue weighted by Crippen LogP contribution is -2.33. The van der Waals surface area contributed by atoms with Crippen LogP contribution in [0.15, 0.2) is 18.3 Å². The average Bonchev–Trinajstić information content (AvgIpc) is 2.46. The van der Waals surface area contributed by atoms with Crippen LogP contribution in [-0.4, -0.2) is 37.6 Å². The van der Waals surface area contributed by atoms with Gasteiger partial charge in [-0.3, -0.25) is 4.98 Å². The molecule has 0 spiro atoms. The SMILES string of the molecule is CCNCc1ccc(OC2CCCC(S(C)(=O)=O)C2)cn1. The fourth-order valence-corrected chi connectivity index (χ4v) is 3.79. The van der Waals surface area contributed by atoms with Gasteiger partial charge in [-0.05, 0) is 37.9 Å². The lowest BCUT2D eigenvalue weighted by molar-refractivity contribution is 0.155. The van der Waals surface area contributed by atoms with Crippen LogP contribution in [0.25, 0.3) is 0 Å². The van der Waals surface area contributed by atoms with E-state index < -0.39 is 9.84 Å². The number of hydrogen-bond acceptors (Lipinski definition) is 5. The van der Waals surface area contributed by atoms with Crippen LogP contribution in [0.3, 0.4) is 0 Å². The summed E-state index contributed by atoms with van der Waals surface area (Å²) in [5.74, 6) is 0.717. The Hall–Kier alpha value is -1.14. The molecule has 0 bridgehead atoms. The molecule has 0 amide bonds. The zero-order valence-corrected chi connectivity index (χ0v) is 13.5. The van der Waals surface area contributed by atoms with Gasteiger partial charge in [0.15, 0.2) is 0 Å². The lowest BCUT2D eigenvalue weighted by Gasteiger charge is -2.28. The highest BCUT2D eigenvalue weighted by molar-refractivity contribution is 7.91. The Morgan fingerprint density at radius 1 is 1.38 bits per heavy atom. The first-order valence-corrected chi connectivity index (χ1v) is 9.45. The molecular formula is C15H24N2O3S. The third-order valence-electron chi connectivity index (χ3n) is 3.84. The molecule has 1 heterocycles. The Balaban J connectivity index is 1.92. The third-order valence-corrected chi connectivity index (χ3v) is 5.48. The minimum absolute atomic E-state index is 0.0279. The van der Waals surface area contributed by atoms with Gasteiger partial charge in [-0.25, -0.2) is 8.42 Å². The van der Waals surface area contributed by atoms with Crippen LogP contribution in [-0.2, 0) is 16.4 Å². The number of sulfone groups is 1. The van der Waals surface area contributed by atoms with E-state index >= 15 is 0 Å². The molecule has 1 aliphatic rings. The van der Waals surface area contributed by atoms with Gasteiger partial charge < -0.3 is 10.1 Å². The second-order valence-corrected chi connectivity index (χ2v) is 7.95.